The van der Waals surface area contributed by atoms with Gasteiger partial charge in [0.2, 0.25) is 0 Å². The quantitative estimate of drug-likeness (QED) is 0.747. The number of hydrogen-bond acceptors (Lipinski definition) is 4. The SMILES string of the molecule is CCN(CC)C(=S)SC1CS(=O)(=O)C=C1Cl. The summed E-state index contributed by atoms with van der Waals surface area (Å²) in [6.45, 7) is 5.67. The summed E-state index contributed by atoms with van der Waals surface area (Å²) in [5.74, 6) is 0.0535. The molecule has 0 aromatic carbocycles. The van der Waals surface area contributed by atoms with Gasteiger partial charge in [0.05, 0.1) is 11.0 Å². The minimum Gasteiger partial charge on any atom is -0.358 e. The standard InChI is InChI=1S/C9H14ClNO2S3/c1-3-11(4-2)9(14)15-8-6-16(12,13)5-7(8)10/h5,8H,3-4,6H2,1-2H3. The van der Waals surface area contributed by atoms with E-state index in [9.17, 15) is 8.42 Å². The fourth-order valence-electron chi connectivity index (χ4n) is 1.35. The van der Waals surface area contributed by atoms with Crippen molar-refractivity contribution >= 4 is 49.7 Å². The Labute approximate surface area is 111 Å². The molecule has 1 aliphatic rings. The Bertz CT molecular complexity index is 401. The molecule has 0 N–H and O–H groups in total. The van der Waals surface area contributed by atoms with Gasteiger partial charge >= 0.3 is 0 Å². The molecule has 0 radical (unpaired) electrons. The molecule has 0 amide bonds. The molecule has 3 nitrogen and oxygen atoms in total. The Hall–Kier alpha value is 0.220. The average molecular weight is 300 g/mol. The van der Waals surface area contributed by atoms with Crippen LogP contribution in [0.2, 0.25) is 0 Å². The summed E-state index contributed by atoms with van der Waals surface area (Å²) in [7, 11) is -3.12. The van der Waals surface area contributed by atoms with Crippen LogP contribution in [0.1, 0.15) is 13.8 Å². The lowest BCUT2D eigenvalue weighted by Gasteiger charge is -2.22. The average Bonchev–Trinajstić information content (AvgIpc) is 2.41. The van der Waals surface area contributed by atoms with Crippen molar-refractivity contribution in [1.29, 1.82) is 0 Å². The third kappa shape index (κ3) is 3.61. The summed E-state index contributed by atoms with van der Waals surface area (Å²) in [6, 6.07) is 0. The van der Waals surface area contributed by atoms with E-state index in [2.05, 4.69) is 0 Å². The Morgan fingerprint density at radius 1 is 1.62 bits per heavy atom. The van der Waals surface area contributed by atoms with Crippen LogP contribution in [-0.2, 0) is 9.84 Å². The van der Waals surface area contributed by atoms with E-state index in [0.29, 0.717) is 9.35 Å². The van der Waals surface area contributed by atoms with Gasteiger partial charge in [-0.1, -0.05) is 35.6 Å². The molecule has 0 spiro atoms. The summed E-state index contributed by atoms with van der Waals surface area (Å²) in [4.78, 5) is 2.01. The summed E-state index contributed by atoms with van der Waals surface area (Å²) in [6.07, 6.45) is 0. The van der Waals surface area contributed by atoms with Gasteiger partial charge in [-0.25, -0.2) is 8.42 Å². The van der Waals surface area contributed by atoms with Gasteiger partial charge in [0, 0.05) is 23.5 Å². The van der Waals surface area contributed by atoms with Crippen molar-refractivity contribution in [3.05, 3.63) is 10.4 Å². The number of sulfone groups is 1. The van der Waals surface area contributed by atoms with Crippen LogP contribution >= 0.6 is 35.6 Å². The van der Waals surface area contributed by atoms with Crippen molar-refractivity contribution in [3.8, 4) is 0 Å². The minimum atomic E-state index is -3.12. The Balaban J connectivity index is 2.64. The first-order valence-electron chi connectivity index (χ1n) is 4.95. The van der Waals surface area contributed by atoms with Crippen LogP contribution in [0.5, 0.6) is 0 Å². The lowest BCUT2D eigenvalue weighted by atomic mass is 10.5. The topological polar surface area (TPSA) is 37.4 Å². The van der Waals surface area contributed by atoms with Crippen molar-refractivity contribution in [1.82, 2.24) is 4.90 Å². The normalized spacial score (nSPS) is 22.9. The first-order chi connectivity index (χ1) is 7.39. The van der Waals surface area contributed by atoms with E-state index in [-0.39, 0.29) is 11.0 Å². The first kappa shape index (κ1) is 14.3. The molecule has 16 heavy (non-hydrogen) atoms. The highest BCUT2D eigenvalue weighted by Crippen LogP contribution is 2.32. The van der Waals surface area contributed by atoms with Gasteiger partial charge in [-0.05, 0) is 13.8 Å². The smallest absolute Gasteiger partial charge is 0.174 e. The fraction of sp³-hybridized carbons (Fsp3) is 0.667. The second kappa shape index (κ2) is 5.71. The highest BCUT2D eigenvalue weighted by molar-refractivity contribution is 8.23. The van der Waals surface area contributed by atoms with E-state index < -0.39 is 9.84 Å². The second-order valence-corrected chi connectivity index (χ2v) is 7.54. The van der Waals surface area contributed by atoms with Crippen molar-refractivity contribution in [2.24, 2.45) is 0 Å². The van der Waals surface area contributed by atoms with E-state index >= 15 is 0 Å². The predicted molar refractivity (Wildman–Crippen MR) is 74.6 cm³/mol. The molecule has 0 bridgehead atoms. The summed E-state index contributed by atoms with van der Waals surface area (Å²) >= 11 is 12.5. The minimum absolute atomic E-state index is 0.0535. The van der Waals surface area contributed by atoms with Crippen LogP contribution in [0.4, 0.5) is 0 Å². The van der Waals surface area contributed by atoms with E-state index in [0.717, 1.165) is 18.5 Å². The van der Waals surface area contributed by atoms with Crippen LogP contribution in [0.15, 0.2) is 10.4 Å². The molecule has 0 saturated heterocycles. The van der Waals surface area contributed by atoms with Gasteiger partial charge < -0.3 is 4.90 Å². The number of nitrogens with zero attached hydrogens (tertiary/aromatic N) is 1. The molecule has 0 aromatic heterocycles. The molecule has 0 aromatic rings. The number of thioether (sulfide) groups is 1. The fourth-order valence-corrected chi connectivity index (χ4v) is 5.63. The molecule has 1 heterocycles. The highest BCUT2D eigenvalue weighted by Gasteiger charge is 2.30. The Morgan fingerprint density at radius 2 is 2.19 bits per heavy atom. The van der Waals surface area contributed by atoms with Crippen LogP contribution in [0.25, 0.3) is 0 Å². The monoisotopic (exact) mass is 299 g/mol. The summed E-state index contributed by atoms with van der Waals surface area (Å²) < 4.78 is 23.3. The molecule has 7 heteroatoms. The van der Waals surface area contributed by atoms with Crippen LogP contribution in [-0.4, -0.2) is 41.7 Å². The number of halogens is 1. The third-order valence-electron chi connectivity index (χ3n) is 2.25. The van der Waals surface area contributed by atoms with Crippen molar-refractivity contribution in [3.63, 3.8) is 0 Å². The van der Waals surface area contributed by atoms with Gasteiger partial charge in [0.15, 0.2) is 9.84 Å². The van der Waals surface area contributed by atoms with Crippen molar-refractivity contribution in [2.75, 3.05) is 18.8 Å². The zero-order valence-corrected chi connectivity index (χ0v) is 12.3. The van der Waals surface area contributed by atoms with Gasteiger partial charge in [-0.3, -0.25) is 0 Å². The molecule has 0 fully saturated rings. The van der Waals surface area contributed by atoms with Crippen molar-refractivity contribution in [2.45, 2.75) is 19.1 Å². The Morgan fingerprint density at radius 3 is 2.56 bits per heavy atom. The molecular formula is C9H14ClNO2S3. The molecule has 1 atom stereocenters. The number of rotatable bonds is 3. The number of thiocarbonyl (C=S) groups is 1. The van der Waals surface area contributed by atoms with E-state index in [1.54, 1.807) is 0 Å². The lowest BCUT2D eigenvalue weighted by Crippen LogP contribution is -2.28. The molecule has 1 aliphatic heterocycles. The van der Waals surface area contributed by atoms with Crippen LogP contribution < -0.4 is 0 Å². The molecule has 1 rings (SSSR count). The maximum absolute atomic E-state index is 11.3. The maximum atomic E-state index is 11.3. The second-order valence-electron chi connectivity index (χ2n) is 3.38. The van der Waals surface area contributed by atoms with Gasteiger partial charge in [0.25, 0.3) is 0 Å². The molecular weight excluding hydrogens is 286 g/mol. The van der Waals surface area contributed by atoms with E-state index in [4.69, 9.17) is 23.8 Å². The van der Waals surface area contributed by atoms with Crippen LogP contribution in [0, 0.1) is 0 Å². The third-order valence-corrected chi connectivity index (χ3v) is 6.21. The largest absolute Gasteiger partial charge is 0.358 e. The van der Waals surface area contributed by atoms with Gasteiger partial charge in [-0.15, -0.1) is 0 Å². The van der Waals surface area contributed by atoms with Crippen LogP contribution in [0.3, 0.4) is 0 Å². The molecule has 0 aliphatic carbocycles. The van der Waals surface area contributed by atoms with E-state index in [1.807, 2.05) is 18.7 Å². The zero-order chi connectivity index (χ0) is 12.3. The molecule has 1 unspecified atom stereocenters. The summed E-state index contributed by atoms with van der Waals surface area (Å²) in [5, 5.41) is 1.27. The number of hydrogen-bond donors (Lipinski definition) is 0. The summed E-state index contributed by atoms with van der Waals surface area (Å²) in [5.41, 5.74) is 0. The first-order valence-corrected chi connectivity index (χ1v) is 8.33. The highest BCUT2D eigenvalue weighted by atomic mass is 35.5. The van der Waals surface area contributed by atoms with E-state index in [1.165, 1.54) is 11.8 Å². The molecule has 0 saturated carbocycles. The van der Waals surface area contributed by atoms with Gasteiger partial charge in [0.1, 0.15) is 4.32 Å². The van der Waals surface area contributed by atoms with Crippen molar-refractivity contribution < 1.29 is 8.42 Å². The zero-order valence-electron chi connectivity index (χ0n) is 9.14. The predicted octanol–water partition coefficient (Wildman–Crippen LogP) is 2.22. The molecule has 92 valence electrons. The Kier molecular flexibility index (Phi) is 5.10. The maximum Gasteiger partial charge on any atom is 0.174 e. The lowest BCUT2D eigenvalue weighted by molar-refractivity contribution is 0.482. The van der Waals surface area contributed by atoms with Gasteiger partial charge in [-0.2, -0.15) is 0 Å².